The number of piperidine rings is 1. The van der Waals surface area contributed by atoms with Gasteiger partial charge in [0, 0.05) is 30.3 Å². The van der Waals surface area contributed by atoms with Crippen molar-refractivity contribution in [1.82, 2.24) is 5.32 Å². The highest BCUT2D eigenvalue weighted by Crippen LogP contribution is 2.60. The van der Waals surface area contributed by atoms with Gasteiger partial charge in [0.1, 0.15) is 5.75 Å². The highest BCUT2D eigenvalue weighted by molar-refractivity contribution is 6.91. The van der Waals surface area contributed by atoms with Gasteiger partial charge in [-0.15, -0.1) is 0 Å². The molecule has 3 aliphatic rings. The van der Waals surface area contributed by atoms with Crippen molar-refractivity contribution >= 4 is 36.4 Å². The highest BCUT2D eigenvalue weighted by atomic mass is 28.3. The zero-order valence-electron chi connectivity index (χ0n) is 26.7. The number of carbonyl (C=O) groups excluding carboxylic acids is 2. The zero-order valence-corrected chi connectivity index (χ0v) is 27.7. The third-order valence-electron chi connectivity index (χ3n) is 10.4. The van der Waals surface area contributed by atoms with E-state index in [0.717, 1.165) is 42.0 Å². The Bertz CT molecular complexity index is 1530. The smallest absolute Gasteiger partial charge is 0.264 e. The lowest BCUT2D eigenvalue weighted by Gasteiger charge is -2.37. The average molecular weight is 628 g/mol. The Kier molecular flexibility index (Phi) is 8.89. The minimum absolute atomic E-state index is 0.00821. The van der Waals surface area contributed by atoms with Crippen LogP contribution in [0.25, 0.3) is 0 Å². The molecule has 0 aliphatic carbocycles. The van der Waals surface area contributed by atoms with Gasteiger partial charge in [0.05, 0.1) is 39.4 Å². The van der Waals surface area contributed by atoms with Crippen LogP contribution in [-0.2, 0) is 26.5 Å². The number of methoxy groups -OCH3 is 1. The Hall–Kier alpha value is -3.50. The summed E-state index contributed by atoms with van der Waals surface area (Å²) in [5.41, 5.74) is 2.10. The van der Waals surface area contributed by atoms with Gasteiger partial charge in [-0.1, -0.05) is 67.7 Å². The molecule has 3 heterocycles. The van der Waals surface area contributed by atoms with Gasteiger partial charge in [-0.25, -0.2) is 0 Å². The van der Waals surface area contributed by atoms with Crippen LogP contribution in [0.3, 0.4) is 0 Å². The summed E-state index contributed by atoms with van der Waals surface area (Å²) in [6.45, 7) is 8.80. The second kappa shape index (κ2) is 12.7. The van der Waals surface area contributed by atoms with E-state index >= 15 is 0 Å². The zero-order chi connectivity index (χ0) is 31.8. The number of benzene rings is 3. The van der Waals surface area contributed by atoms with Gasteiger partial charge < -0.3 is 30.1 Å². The summed E-state index contributed by atoms with van der Waals surface area (Å²) in [6.07, 6.45) is 1.96. The molecule has 2 fully saturated rings. The van der Waals surface area contributed by atoms with E-state index in [2.05, 4.69) is 42.8 Å². The van der Waals surface area contributed by atoms with Gasteiger partial charge in [-0.3, -0.25) is 9.59 Å². The van der Waals surface area contributed by atoms with Crippen molar-refractivity contribution in [3.8, 4) is 5.75 Å². The van der Waals surface area contributed by atoms with Crippen molar-refractivity contribution in [2.45, 2.75) is 63.1 Å². The number of ether oxygens (including phenoxy) is 2. The summed E-state index contributed by atoms with van der Waals surface area (Å²) < 4.78 is 12.5. The second-order valence-corrected chi connectivity index (χ2v) is 18.0. The molecule has 1 spiro atoms. The summed E-state index contributed by atoms with van der Waals surface area (Å²) in [6, 6.07) is 24.1. The largest absolute Gasteiger partial charge is 0.497 e. The summed E-state index contributed by atoms with van der Waals surface area (Å²) in [4.78, 5) is 30.0. The number of amides is 2. The molecule has 45 heavy (non-hydrogen) atoms. The van der Waals surface area contributed by atoms with Gasteiger partial charge in [0.15, 0.2) is 5.60 Å². The Labute approximate surface area is 267 Å². The van der Waals surface area contributed by atoms with E-state index in [1.54, 1.807) is 7.11 Å². The fourth-order valence-electron chi connectivity index (χ4n) is 8.03. The van der Waals surface area contributed by atoms with Gasteiger partial charge in [-0.05, 0) is 67.2 Å². The molecule has 3 aliphatic heterocycles. The highest BCUT2D eigenvalue weighted by Gasteiger charge is 2.66. The van der Waals surface area contributed by atoms with Crippen LogP contribution >= 0.6 is 0 Å². The Morgan fingerprint density at radius 1 is 1.13 bits per heavy atom. The first-order valence-corrected chi connectivity index (χ1v) is 19.2. The number of aliphatic hydroxyl groups excluding tert-OH is 1. The third-order valence-corrected chi connectivity index (χ3v) is 14.7. The Morgan fingerprint density at radius 3 is 2.56 bits per heavy atom. The molecule has 8 nitrogen and oxygen atoms in total. The van der Waals surface area contributed by atoms with Gasteiger partial charge in [0.2, 0.25) is 5.91 Å². The third kappa shape index (κ3) is 5.60. The fourth-order valence-corrected chi connectivity index (χ4v) is 12.1. The van der Waals surface area contributed by atoms with Gasteiger partial charge in [0.25, 0.3) is 5.91 Å². The van der Waals surface area contributed by atoms with Gasteiger partial charge in [-0.2, -0.15) is 0 Å². The number of nitrogens with one attached hydrogen (secondary N) is 2. The maximum Gasteiger partial charge on any atom is 0.264 e. The monoisotopic (exact) mass is 627 g/mol. The molecule has 0 bridgehead atoms. The number of carbonyl (C=O) groups is 2. The van der Waals surface area contributed by atoms with E-state index < -0.39 is 13.7 Å². The maximum atomic E-state index is 14.9. The van der Waals surface area contributed by atoms with Crippen LogP contribution in [0.5, 0.6) is 5.75 Å². The molecule has 0 saturated carbocycles. The summed E-state index contributed by atoms with van der Waals surface area (Å²) in [5, 5.41) is 17.9. The minimum atomic E-state index is -2.29. The minimum Gasteiger partial charge on any atom is -0.497 e. The maximum absolute atomic E-state index is 14.9. The Morgan fingerprint density at radius 2 is 1.89 bits per heavy atom. The Balaban J connectivity index is 1.42. The first-order chi connectivity index (χ1) is 21.7. The summed E-state index contributed by atoms with van der Waals surface area (Å²) >= 11 is 0. The average Bonchev–Trinajstić information content (AvgIpc) is 3.48. The molecular weight excluding hydrogens is 582 g/mol. The van der Waals surface area contributed by atoms with E-state index in [1.807, 2.05) is 65.6 Å². The van der Waals surface area contributed by atoms with Crippen molar-refractivity contribution in [2.24, 2.45) is 11.8 Å². The van der Waals surface area contributed by atoms with E-state index in [4.69, 9.17) is 9.47 Å². The predicted molar refractivity (Wildman–Crippen MR) is 180 cm³/mol. The molecule has 3 N–H and O–H groups in total. The summed E-state index contributed by atoms with van der Waals surface area (Å²) in [5.74, 6) is 0.439. The van der Waals surface area contributed by atoms with Crippen molar-refractivity contribution in [3.05, 3.63) is 83.9 Å². The molecule has 5 atom stereocenters. The van der Waals surface area contributed by atoms with Crippen LogP contribution in [0.2, 0.25) is 18.6 Å². The molecule has 3 aromatic carbocycles. The van der Waals surface area contributed by atoms with Gasteiger partial charge >= 0.3 is 0 Å². The van der Waals surface area contributed by atoms with E-state index in [-0.39, 0.29) is 41.9 Å². The van der Waals surface area contributed by atoms with Crippen LogP contribution < -0.4 is 25.5 Å². The molecule has 2 saturated heterocycles. The van der Waals surface area contributed by atoms with Crippen LogP contribution in [0.4, 0.5) is 11.4 Å². The lowest BCUT2D eigenvalue weighted by atomic mass is 9.82. The number of rotatable bonds is 9. The number of nitrogens with zero attached hydrogens (tertiary/aromatic N) is 1. The van der Waals surface area contributed by atoms with Crippen molar-refractivity contribution in [1.29, 1.82) is 0 Å². The van der Waals surface area contributed by atoms with Crippen LogP contribution in [0.1, 0.15) is 37.3 Å². The molecular formula is C36H45N3O5Si. The van der Waals surface area contributed by atoms with Crippen molar-refractivity contribution in [2.75, 3.05) is 37.0 Å². The number of fused-ring (bicyclic) bond motifs is 2. The molecule has 0 radical (unpaired) electrons. The van der Waals surface area contributed by atoms with Crippen LogP contribution in [-0.4, -0.2) is 57.9 Å². The van der Waals surface area contributed by atoms with E-state index in [1.165, 1.54) is 5.19 Å². The fraction of sp³-hybridized carbons (Fsp3) is 0.444. The molecule has 0 aromatic heterocycles. The van der Waals surface area contributed by atoms with E-state index in [0.29, 0.717) is 25.2 Å². The first kappa shape index (κ1) is 31.5. The molecule has 1 unspecified atom stereocenters. The number of hydrogen-bond acceptors (Lipinski definition) is 6. The molecule has 6 rings (SSSR count). The number of anilines is 2. The standard InChI is InChI=1S/C36H45N3O5Si/c1-24-33(45(3,4)29-15-13-28(43-2)14-16-29)32(18-20-40)44-36(24)30-21-27(38-34(41)26-11-8-19-37-22-26)12-17-31(30)39(35(36)42)23-25-9-6-5-7-10-25/h5-7,9-10,12-17,21,24,26,32-33,37,40H,8,11,18-20,22-23H2,1-4H3,(H,38,41)/t24-,26?,32+,33-,36+/m1/s1. The lowest BCUT2D eigenvalue weighted by Crippen LogP contribution is -2.51. The number of aliphatic hydroxyl groups is 1. The predicted octanol–water partition coefficient (Wildman–Crippen LogP) is 4.78. The molecule has 2 amide bonds. The lowest BCUT2D eigenvalue weighted by molar-refractivity contribution is -0.146. The molecule has 238 valence electrons. The second-order valence-electron chi connectivity index (χ2n) is 13.3. The SMILES string of the molecule is COc1ccc([Si](C)(C)[C@H]2[C@H](CCO)O[C@@]3(C(=O)N(Cc4ccccc4)c4ccc(NC(=O)C5CCCNC5)cc43)[C@@H]2C)cc1. The van der Waals surface area contributed by atoms with Crippen LogP contribution in [0.15, 0.2) is 72.8 Å². The van der Waals surface area contributed by atoms with Crippen molar-refractivity contribution < 1.29 is 24.2 Å². The summed E-state index contributed by atoms with van der Waals surface area (Å²) in [7, 11) is -0.622. The van der Waals surface area contributed by atoms with E-state index in [9.17, 15) is 14.7 Å². The van der Waals surface area contributed by atoms with Crippen LogP contribution in [0, 0.1) is 11.8 Å². The normalized spacial score (nSPS) is 26.2. The quantitative estimate of drug-likeness (QED) is 0.296. The topological polar surface area (TPSA) is 100 Å². The molecule has 9 heteroatoms. The number of hydrogen-bond donors (Lipinski definition) is 3. The van der Waals surface area contributed by atoms with Crippen molar-refractivity contribution in [3.63, 3.8) is 0 Å². The molecule has 3 aromatic rings. The first-order valence-electron chi connectivity index (χ1n) is 16.2.